The molecule has 0 saturated heterocycles. The normalized spacial score (nSPS) is 13.2. The van der Waals surface area contributed by atoms with Crippen molar-refractivity contribution in [2.24, 2.45) is 0 Å². The van der Waals surface area contributed by atoms with Crippen LogP contribution in [-0.2, 0) is 14.0 Å². The van der Waals surface area contributed by atoms with Crippen molar-refractivity contribution in [1.29, 1.82) is 0 Å². The van der Waals surface area contributed by atoms with Gasteiger partial charge in [0.15, 0.2) is 0 Å². The van der Waals surface area contributed by atoms with E-state index in [1.165, 1.54) is 0 Å². The summed E-state index contributed by atoms with van der Waals surface area (Å²) >= 11 is 2.13. The highest BCUT2D eigenvalue weighted by molar-refractivity contribution is 14.1. The Morgan fingerprint density at radius 1 is 1.40 bits per heavy atom. The Morgan fingerprint density at radius 2 is 2.10 bits per heavy atom. The summed E-state index contributed by atoms with van der Waals surface area (Å²) in [5.74, 6) is -0.155. The molecular formula is C15H25IO3Si. The molecule has 0 radical (unpaired) electrons. The van der Waals surface area contributed by atoms with Gasteiger partial charge in [0.2, 0.25) is 8.32 Å². The van der Waals surface area contributed by atoms with Gasteiger partial charge in [-0.25, -0.2) is 0 Å². The molecule has 0 aliphatic heterocycles. The molecule has 0 N–H and O–H groups in total. The highest BCUT2D eigenvalue weighted by Crippen LogP contribution is 2.15. The topological polar surface area (TPSA) is 35.5 Å². The maximum absolute atomic E-state index is 11.5. The molecule has 114 valence electrons. The first-order valence-corrected chi connectivity index (χ1v) is 11.0. The van der Waals surface area contributed by atoms with Gasteiger partial charge in [-0.2, -0.15) is 0 Å². The van der Waals surface area contributed by atoms with E-state index in [2.05, 4.69) is 48.8 Å². The van der Waals surface area contributed by atoms with Crippen LogP contribution in [0.3, 0.4) is 0 Å². The minimum atomic E-state index is -1.82. The van der Waals surface area contributed by atoms with Crippen molar-refractivity contribution in [3.63, 3.8) is 0 Å². The van der Waals surface area contributed by atoms with Crippen molar-refractivity contribution in [3.8, 4) is 0 Å². The third-order valence-corrected chi connectivity index (χ3v) is 5.13. The molecule has 3 nitrogen and oxygen atoms in total. The van der Waals surface area contributed by atoms with E-state index in [1.807, 2.05) is 21.9 Å². The van der Waals surface area contributed by atoms with Gasteiger partial charge in [0.05, 0.1) is 12.7 Å². The first-order chi connectivity index (χ1) is 9.45. The van der Waals surface area contributed by atoms with Crippen LogP contribution in [0, 0.1) is 0 Å². The Balaban J connectivity index is 4.05. The number of carbonyl (C=O) groups is 1. The standard InChI is InChI=1S/C15H25IO3Si/c1-5-9-14(19-20(3,4)6-2)11-13-18-15(17)10-7-8-12-16/h5-6,8,12,14H,1-2,7,9-11,13H2,3-4H3/b12-8-. The van der Waals surface area contributed by atoms with E-state index >= 15 is 0 Å². The molecule has 0 aliphatic rings. The molecule has 0 saturated carbocycles. The zero-order valence-electron chi connectivity index (χ0n) is 12.4. The fourth-order valence-electron chi connectivity index (χ4n) is 1.53. The molecule has 0 rings (SSSR count). The summed E-state index contributed by atoms with van der Waals surface area (Å²) in [6.07, 6.45) is 6.46. The van der Waals surface area contributed by atoms with E-state index in [0.29, 0.717) is 19.4 Å². The second kappa shape index (κ2) is 11.3. The Bertz CT molecular complexity index is 340. The van der Waals surface area contributed by atoms with Crippen molar-refractivity contribution >= 4 is 36.9 Å². The average molecular weight is 408 g/mol. The molecule has 0 spiro atoms. The first-order valence-electron chi connectivity index (χ1n) is 6.78. The van der Waals surface area contributed by atoms with Crippen LogP contribution in [0.2, 0.25) is 13.1 Å². The second-order valence-electron chi connectivity index (χ2n) is 4.98. The summed E-state index contributed by atoms with van der Waals surface area (Å²) in [6.45, 7) is 12.1. The molecular weight excluding hydrogens is 383 g/mol. The van der Waals surface area contributed by atoms with Crippen LogP contribution in [0.4, 0.5) is 0 Å². The fourth-order valence-corrected chi connectivity index (χ4v) is 3.06. The fraction of sp³-hybridized carbons (Fsp3) is 0.533. The number of rotatable bonds is 11. The predicted molar refractivity (Wildman–Crippen MR) is 95.3 cm³/mol. The van der Waals surface area contributed by atoms with Crippen molar-refractivity contribution in [1.82, 2.24) is 0 Å². The van der Waals surface area contributed by atoms with Crippen LogP contribution in [0.5, 0.6) is 0 Å². The quantitative estimate of drug-likeness (QED) is 0.218. The molecule has 0 fully saturated rings. The number of carbonyl (C=O) groups excluding carboxylic acids is 1. The molecule has 20 heavy (non-hydrogen) atoms. The third kappa shape index (κ3) is 10.4. The first kappa shape index (κ1) is 19.6. The number of allylic oxidation sites excluding steroid dienone is 1. The molecule has 0 aromatic heterocycles. The van der Waals surface area contributed by atoms with Crippen molar-refractivity contribution in [2.75, 3.05) is 6.61 Å². The van der Waals surface area contributed by atoms with Crippen LogP contribution < -0.4 is 0 Å². The lowest BCUT2D eigenvalue weighted by Crippen LogP contribution is -2.34. The highest BCUT2D eigenvalue weighted by atomic mass is 127. The molecule has 0 aromatic carbocycles. The highest BCUT2D eigenvalue weighted by Gasteiger charge is 2.22. The number of hydrogen-bond acceptors (Lipinski definition) is 3. The van der Waals surface area contributed by atoms with E-state index in [1.54, 1.807) is 0 Å². The van der Waals surface area contributed by atoms with Gasteiger partial charge in [0.25, 0.3) is 0 Å². The molecule has 5 heteroatoms. The number of ether oxygens (including phenoxy) is 1. The maximum Gasteiger partial charge on any atom is 0.306 e. The predicted octanol–water partition coefficient (Wildman–Crippen LogP) is 4.54. The van der Waals surface area contributed by atoms with E-state index in [-0.39, 0.29) is 12.1 Å². The Kier molecular flexibility index (Phi) is 11.1. The minimum absolute atomic E-state index is 0.0502. The molecule has 0 bridgehead atoms. The Hall–Kier alpha value is -0.403. The van der Waals surface area contributed by atoms with Crippen LogP contribution in [0.1, 0.15) is 25.7 Å². The summed E-state index contributed by atoms with van der Waals surface area (Å²) in [7, 11) is -1.82. The van der Waals surface area contributed by atoms with Crippen LogP contribution >= 0.6 is 22.6 Å². The van der Waals surface area contributed by atoms with Gasteiger partial charge in [-0.05, 0) is 30.0 Å². The van der Waals surface area contributed by atoms with E-state index in [4.69, 9.17) is 9.16 Å². The maximum atomic E-state index is 11.5. The third-order valence-electron chi connectivity index (χ3n) is 2.70. The largest absolute Gasteiger partial charge is 0.466 e. The molecule has 0 amide bonds. The van der Waals surface area contributed by atoms with E-state index in [9.17, 15) is 4.79 Å². The monoisotopic (exact) mass is 408 g/mol. The van der Waals surface area contributed by atoms with E-state index in [0.717, 1.165) is 12.8 Å². The Labute approximate surface area is 137 Å². The molecule has 1 atom stereocenters. The molecule has 0 aliphatic carbocycles. The molecule has 1 unspecified atom stereocenters. The smallest absolute Gasteiger partial charge is 0.306 e. The summed E-state index contributed by atoms with van der Waals surface area (Å²) in [5.41, 5.74) is 1.91. The minimum Gasteiger partial charge on any atom is -0.466 e. The summed E-state index contributed by atoms with van der Waals surface area (Å²) in [6, 6.07) is 0. The van der Waals surface area contributed by atoms with Gasteiger partial charge >= 0.3 is 5.97 Å². The van der Waals surface area contributed by atoms with Crippen molar-refractivity contribution in [3.05, 3.63) is 35.1 Å². The van der Waals surface area contributed by atoms with Crippen molar-refractivity contribution < 1.29 is 14.0 Å². The zero-order chi connectivity index (χ0) is 15.4. The number of halogens is 1. The zero-order valence-corrected chi connectivity index (χ0v) is 15.6. The summed E-state index contributed by atoms with van der Waals surface area (Å²) < 4.78 is 13.2. The average Bonchev–Trinajstić information content (AvgIpc) is 2.39. The van der Waals surface area contributed by atoms with Gasteiger partial charge in [0, 0.05) is 12.8 Å². The number of esters is 1. The molecule has 0 aromatic rings. The summed E-state index contributed by atoms with van der Waals surface area (Å²) in [4.78, 5) is 11.5. The lowest BCUT2D eigenvalue weighted by molar-refractivity contribution is -0.144. The van der Waals surface area contributed by atoms with Crippen LogP contribution in [0.15, 0.2) is 35.1 Å². The van der Waals surface area contributed by atoms with Gasteiger partial charge in [-0.3, -0.25) is 4.79 Å². The van der Waals surface area contributed by atoms with Crippen LogP contribution in [0.25, 0.3) is 0 Å². The summed E-state index contributed by atoms with van der Waals surface area (Å²) in [5, 5.41) is 0. The molecule has 0 heterocycles. The van der Waals surface area contributed by atoms with Gasteiger partial charge in [0.1, 0.15) is 0 Å². The Morgan fingerprint density at radius 3 is 2.65 bits per heavy atom. The lowest BCUT2D eigenvalue weighted by atomic mass is 10.2. The van der Waals surface area contributed by atoms with Crippen LogP contribution in [-0.4, -0.2) is 27.0 Å². The number of hydrogen-bond donors (Lipinski definition) is 0. The second-order valence-corrected chi connectivity index (χ2v) is 9.55. The van der Waals surface area contributed by atoms with E-state index < -0.39 is 8.32 Å². The van der Waals surface area contributed by atoms with Crippen molar-refractivity contribution in [2.45, 2.75) is 44.9 Å². The van der Waals surface area contributed by atoms with Gasteiger partial charge in [-0.15, -0.1) is 13.2 Å². The van der Waals surface area contributed by atoms with Gasteiger partial charge < -0.3 is 9.16 Å². The lowest BCUT2D eigenvalue weighted by Gasteiger charge is -2.26. The van der Waals surface area contributed by atoms with Gasteiger partial charge in [-0.1, -0.05) is 40.4 Å². The SMILES string of the molecule is C=CCC(CCOC(=O)CC/C=C\I)O[Si](C)(C)C=C.